The molecule has 0 aromatic heterocycles. The molecule has 0 unspecified atom stereocenters. The molecule has 146 valence electrons. The smallest absolute Gasteiger partial charge is 0.317 e. The minimum absolute atomic E-state index is 0.0469. The first-order chi connectivity index (χ1) is 12.3. The van der Waals surface area contributed by atoms with E-state index < -0.39 is 21.4 Å². The third-order valence-electron chi connectivity index (χ3n) is 6.67. The van der Waals surface area contributed by atoms with E-state index in [1.165, 1.54) is 0 Å². The summed E-state index contributed by atoms with van der Waals surface area (Å²) >= 11 is 0. The van der Waals surface area contributed by atoms with E-state index in [0.717, 1.165) is 25.7 Å². The van der Waals surface area contributed by atoms with Gasteiger partial charge in [0.25, 0.3) is 0 Å². The Bertz CT molecular complexity index is 699. The van der Waals surface area contributed by atoms with Gasteiger partial charge in [0, 0.05) is 32.2 Å². The molecule has 0 aromatic carbocycles. The van der Waals surface area contributed by atoms with Gasteiger partial charge < -0.3 is 15.3 Å². The van der Waals surface area contributed by atoms with Gasteiger partial charge in [-0.25, -0.2) is 17.5 Å². The van der Waals surface area contributed by atoms with Crippen LogP contribution in [-0.2, 0) is 14.8 Å². The number of hydrogen-bond acceptors (Lipinski definition) is 4. The fraction of sp³-hybridized carbons (Fsp3) is 0.882. The van der Waals surface area contributed by atoms with Crippen LogP contribution < -0.4 is 5.32 Å². The molecule has 2 saturated carbocycles. The number of carboxylic acids is 1. The van der Waals surface area contributed by atoms with Gasteiger partial charge in [-0.3, -0.25) is 4.79 Å². The minimum atomic E-state index is -3.14. The number of nitrogens with zero attached hydrogens (tertiary/aromatic N) is 2. The zero-order chi connectivity index (χ0) is 18.5. The molecule has 2 amide bonds. The Morgan fingerprint density at radius 3 is 2.35 bits per heavy atom. The van der Waals surface area contributed by atoms with Crippen LogP contribution in [0.5, 0.6) is 0 Å². The van der Waals surface area contributed by atoms with Crippen LogP contribution in [0.1, 0.15) is 44.9 Å². The van der Waals surface area contributed by atoms with E-state index in [4.69, 9.17) is 0 Å². The van der Waals surface area contributed by atoms with E-state index in [1.54, 1.807) is 9.21 Å². The van der Waals surface area contributed by atoms with Crippen molar-refractivity contribution in [2.75, 3.05) is 26.2 Å². The summed E-state index contributed by atoms with van der Waals surface area (Å²) in [6.07, 6.45) is 5.18. The molecule has 0 radical (unpaired) electrons. The number of carbonyl (C=O) groups is 2. The van der Waals surface area contributed by atoms with Gasteiger partial charge >= 0.3 is 12.0 Å². The minimum Gasteiger partial charge on any atom is -0.481 e. The van der Waals surface area contributed by atoms with Crippen molar-refractivity contribution in [3.8, 4) is 0 Å². The van der Waals surface area contributed by atoms with Gasteiger partial charge in [0.1, 0.15) is 0 Å². The van der Waals surface area contributed by atoms with Gasteiger partial charge in [-0.15, -0.1) is 0 Å². The number of sulfonamides is 1. The summed E-state index contributed by atoms with van der Waals surface area (Å²) in [6.45, 7) is 1.69. The number of hydrogen-bond donors (Lipinski definition) is 2. The van der Waals surface area contributed by atoms with Crippen LogP contribution in [0.15, 0.2) is 0 Å². The number of carboxylic acid groups (broad SMARTS) is 1. The Labute approximate surface area is 154 Å². The molecule has 2 aliphatic heterocycles. The number of piperidine rings is 1. The lowest BCUT2D eigenvalue weighted by molar-refractivity contribution is -0.149. The van der Waals surface area contributed by atoms with E-state index >= 15 is 0 Å². The topological polar surface area (TPSA) is 107 Å². The van der Waals surface area contributed by atoms with Crippen molar-refractivity contribution in [2.45, 2.75) is 56.2 Å². The SMILES string of the molecule is O=C(NC1CCN(S(=O)(=O)C2CC2)CC1)N1C[C@@H]2CCC[C@@]2(C(=O)O)C1. The second-order valence-electron chi connectivity index (χ2n) is 8.30. The van der Waals surface area contributed by atoms with Gasteiger partial charge in [-0.05, 0) is 44.4 Å². The summed E-state index contributed by atoms with van der Waals surface area (Å²) in [7, 11) is -3.14. The number of nitrogens with one attached hydrogen (secondary N) is 1. The Morgan fingerprint density at radius 1 is 1.08 bits per heavy atom. The number of aliphatic carboxylic acids is 1. The van der Waals surface area contributed by atoms with Gasteiger partial charge in [0.15, 0.2) is 0 Å². The molecular formula is C17H27N3O5S. The first-order valence-corrected chi connectivity index (χ1v) is 11.1. The monoisotopic (exact) mass is 385 g/mol. The molecule has 2 atom stereocenters. The number of urea groups is 1. The molecule has 2 saturated heterocycles. The molecule has 4 rings (SSSR count). The zero-order valence-electron chi connectivity index (χ0n) is 14.9. The van der Waals surface area contributed by atoms with Crippen molar-refractivity contribution in [1.29, 1.82) is 0 Å². The average molecular weight is 385 g/mol. The van der Waals surface area contributed by atoms with Crippen molar-refractivity contribution in [3.63, 3.8) is 0 Å². The molecule has 4 fully saturated rings. The zero-order valence-corrected chi connectivity index (χ0v) is 15.7. The standard InChI is InChI=1S/C17H27N3O5S/c21-15(22)17-7-1-2-12(17)10-19(11-17)16(23)18-13-5-8-20(9-6-13)26(24,25)14-3-4-14/h12-14H,1-11H2,(H,18,23)(H,21,22)/t12-,17+/m0/s1. The van der Waals surface area contributed by atoms with Gasteiger partial charge in [0.2, 0.25) is 10.0 Å². The van der Waals surface area contributed by atoms with Crippen molar-refractivity contribution in [2.24, 2.45) is 11.3 Å². The Morgan fingerprint density at radius 2 is 1.77 bits per heavy atom. The molecule has 0 bridgehead atoms. The lowest BCUT2D eigenvalue weighted by Gasteiger charge is -2.32. The van der Waals surface area contributed by atoms with Gasteiger partial charge in [-0.1, -0.05) is 6.42 Å². The molecule has 8 nitrogen and oxygen atoms in total. The molecule has 0 aromatic rings. The second-order valence-corrected chi connectivity index (χ2v) is 10.5. The highest BCUT2D eigenvalue weighted by molar-refractivity contribution is 7.90. The summed E-state index contributed by atoms with van der Waals surface area (Å²) in [6, 6.07) is -0.252. The first kappa shape index (κ1) is 18.0. The summed E-state index contributed by atoms with van der Waals surface area (Å²) in [5, 5.41) is 12.4. The average Bonchev–Trinajstić information content (AvgIpc) is 3.27. The van der Waals surface area contributed by atoms with E-state index in [-0.39, 0.29) is 29.8 Å². The third-order valence-corrected chi connectivity index (χ3v) is 9.07. The number of fused-ring (bicyclic) bond motifs is 1. The lowest BCUT2D eigenvalue weighted by atomic mass is 9.81. The van der Waals surface area contributed by atoms with E-state index in [1.807, 2.05) is 0 Å². The number of likely N-dealkylation sites (tertiary alicyclic amines) is 1. The van der Waals surface area contributed by atoms with Crippen molar-refractivity contribution in [1.82, 2.24) is 14.5 Å². The van der Waals surface area contributed by atoms with Crippen LogP contribution in [0, 0.1) is 11.3 Å². The van der Waals surface area contributed by atoms with Gasteiger partial charge in [0.05, 0.1) is 10.7 Å². The lowest BCUT2D eigenvalue weighted by Crippen LogP contribution is -2.50. The summed E-state index contributed by atoms with van der Waals surface area (Å²) in [5.41, 5.74) is -0.765. The normalized spacial score (nSPS) is 33.2. The maximum Gasteiger partial charge on any atom is 0.317 e. The quantitative estimate of drug-likeness (QED) is 0.746. The fourth-order valence-electron chi connectivity index (χ4n) is 4.89. The predicted molar refractivity (Wildman–Crippen MR) is 94.1 cm³/mol. The molecule has 2 N–H and O–H groups in total. The van der Waals surface area contributed by atoms with Crippen LogP contribution in [0.3, 0.4) is 0 Å². The molecule has 2 aliphatic carbocycles. The molecule has 26 heavy (non-hydrogen) atoms. The van der Waals surface area contributed by atoms with Crippen molar-refractivity contribution >= 4 is 22.0 Å². The molecule has 0 spiro atoms. The van der Waals surface area contributed by atoms with Crippen molar-refractivity contribution < 1.29 is 23.1 Å². The second kappa shape index (κ2) is 6.37. The fourth-order valence-corrected chi connectivity index (χ4v) is 6.76. The van der Waals surface area contributed by atoms with E-state index in [9.17, 15) is 23.1 Å². The van der Waals surface area contributed by atoms with Crippen LogP contribution in [-0.4, -0.2) is 72.2 Å². The highest BCUT2D eigenvalue weighted by atomic mass is 32.2. The van der Waals surface area contributed by atoms with Crippen LogP contribution in [0.4, 0.5) is 4.79 Å². The number of carbonyl (C=O) groups excluding carboxylic acids is 1. The van der Waals surface area contributed by atoms with E-state index in [2.05, 4.69) is 5.32 Å². The van der Waals surface area contributed by atoms with Crippen LogP contribution in [0.2, 0.25) is 0 Å². The Hall–Kier alpha value is -1.35. The highest BCUT2D eigenvalue weighted by Gasteiger charge is 2.56. The molecule has 9 heteroatoms. The maximum absolute atomic E-state index is 12.6. The molecule has 2 heterocycles. The molecule has 4 aliphatic rings. The van der Waals surface area contributed by atoms with Crippen LogP contribution in [0.25, 0.3) is 0 Å². The third kappa shape index (κ3) is 2.98. The van der Waals surface area contributed by atoms with E-state index in [0.29, 0.717) is 38.9 Å². The van der Waals surface area contributed by atoms with Crippen LogP contribution >= 0.6 is 0 Å². The maximum atomic E-state index is 12.6. The predicted octanol–water partition coefficient (Wildman–Crippen LogP) is 0.839. The highest BCUT2D eigenvalue weighted by Crippen LogP contribution is 2.48. The van der Waals surface area contributed by atoms with Gasteiger partial charge in [-0.2, -0.15) is 0 Å². The Balaban J connectivity index is 1.30. The number of amides is 2. The molecular weight excluding hydrogens is 358 g/mol. The van der Waals surface area contributed by atoms with Crippen molar-refractivity contribution in [3.05, 3.63) is 0 Å². The largest absolute Gasteiger partial charge is 0.481 e. The summed E-state index contributed by atoms with van der Waals surface area (Å²) < 4.78 is 26.1. The first-order valence-electron chi connectivity index (χ1n) is 9.61. The summed E-state index contributed by atoms with van der Waals surface area (Å²) in [5.74, 6) is -0.731. The Kier molecular flexibility index (Phi) is 4.42. The number of rotatable bonds is 4. The summed E-state index contributed by atoms with van der Waals surface area (Å²) in [4.78, 5) is 26.0.